The molecule has 0 bridgehead atoms. The van der Waals surface area contributed by atoms with Crippen LogP contribution in [0.25, 0.3) is 0 Å². The van der Waals surface area contributed by atoms with Gasteiger partial charge in [0.25, 0.3) is 0 Å². The van der Waals surface area contributed by atoms with E-state index in [1.165, 1.54) is 5.56 Å². The lowest BCUT2D eigenvalue weighted by Gasteiger charge is -2.34. The lowest BCUT2D eigenvalue weighted by Crippen LogP contribution is -2.40. The van der Waals surface area contributed by atoms with E-state index < -0.39 is 0 Å². The molecule has 0 spiro atoms. The third kappa shape index (κ3) is 2.55. The molecule has 1 heterocycles. The monoisotopic (exact) mass is 286 g/mol. The molecule has 81 valence electrons. The summed E-state index contributed by atoms with van der Waals surface area (Å²) in [6.45, 7) is 5.25. The zero-order valence-electron chi connectivity index (χ0n) is 8.42. The lowest BCUT2D eigenvalue weighted by atomic mass is 9.82. The summed E-state index contributed by atoms with van der Waals surface area (Å²) in [4.78, 5) is 0.312. The number of piperidine rings is 1. The highest BCUT2D eigenvalue weighted by atomic mass is 79.9. The number of nitrogens with one attached hydrogen (secondary N) is 1. The molecule has 0 aromatic heterocycles. The van der Waals surface area contributed by atoms with Crippen LogP contribution in [0.15, 0.2) is 24.3 Å². The van der Waals surface area contributed by atoms with E-state index in [0.29, 0.717) is 16.8 Å². The van der Waals surface area contributed by atoms with Gasteiger partial charge in [0.05, 0.1) is 4.95 Å². The first-order valence-electron chi connectivity index (χ1n) is 5.14. The number of hydrogen-bond acceptors (Lipinski definition) is 1. The maximum absolute atomic E-state index is 5.88. The van der Waals surface area contributed by atoms with E-state index in [0.717, 1.165) is 18.0 Å². The summed E-state index contributed by atoms with van der Waals surface area (Å²) in [6.07, 6.45) is 1.14. The number of hydrogen-bond donors (Lipinski definition) is 1. The topological polar surface area (TPSA) is 12.0 Å². The van der Waals surface area contributed by atoms with E-state index in [4.69, 9.17) is 11.6 Å². The Morgan fingerprint density at radius 3 is 2.67 bits per heavy atom. The molecular weight excluding hydrogens is 273 g/mol. The molecule has 0 aliphatic carbocycles. The summed E-state index contributed by atoms with van der Waals surface area (Å²) in [6, 6.07) is 8.12. The average molecular weight is 288 g/mol. The minimum absolute atomic E-state index is 0.312. The van der Waals surface area contributed by atoms with Crippen molar-refractivity contribution in [2.75, 3.05) is 6.54 Å². The van der Waals surface area contributed by atoms with Crippen molar-refractivity contribution >= 4 is 27.5 Å². The highest BCUT2D eigenvalue weighted by Gasteiger charge is 2.28. The third-order valence-electron chi connectivity index (χ3n) is 2.99. The Kier molecular flexibility index (Phi) is 3.70. The van der Waals surface area contributed by atoms with Crippen molar-refractivity contribution in [2.45, 2.75) is 17.3 Å². The van der Waals surface area contributed by atoms with Crippen molar-refractivity contribution in [2.24, 2.45) is 5.92 Å². The Bertz CT molecular complexity index is 325. The molecular formula is C12H14BrClN. The molecule has 1 N–H and O–H groups in total. The van der Waals surface area contributed by atoms with Gasteiger partial charge in [-0.1, -0.05) is 39.7 Å². The van der Waals surface area contributed by atoms with E-state index in [2.05, 4.69) is 40.3 Å². The summed E-state index contributed by atoms with van der Waals surface area (Å²) in [5.74, 6) is 0.882. The molecule has 3 heteroatoms. The van der Waals surface area contributed by atoms with Gasteiger partial charge in [-0.15, -0.1) is 0 Å². The SMILES string of the molecule is [CH2]C1C(Br)NCCC1c1ccc(Cl)cc1. The predicted molar refractivity (Wildman–Crippen MR) is 68.4 cm³/mol. The van der Waals surface area contributed by atoms with Gasteiger partial charge in [-0.2, -0.15) is 0 Å². The van der Waals surface area contributed by atoms with Gasteiger partial charge >= 0.3 is 0 Å². The van der Waals surface area contributed by atoms with Crippen molar-refractivity contribution in [3.63, 3.8) is 0 Å². The third-order valence-corrected chi connectivity index (χ3v) is 4.24. The fraction of sp³-hybridized carbons (Fsp3) is 0.417. The van der Waals surface area contributed by atoms with Crippen LogP contribution in [0.3, 0.4) is 0 Å². The van der Waals surface area contributed by atoms with Gasteiger partial charge in [-0.25, -0.2) is 0 Å². The van der Waals surface area contributed by atoms with E-state index in [-0.39, 0.29) is 0 Å². The van der Waals surface area contributed by atoms with Crippen molar-refractivity contribution in [3.05, 3.63) is 41.8 Å². The molecule has 3 atom stereocenters. The summed E-state index contributed by atoms with van der Waals surface area (Å²) >= 11 is 9.48. The van der Waals surface area contributed by atoms with Crippen LogP contribution in [0, 0.1) is 12.8 Å². The zero-order chi connectivity index (χ0) is 10.8. The van der Waals surface area contributed by atoms with E-state index in [1.807, 2.05) is 12.1 Å². The summed E-state index contributed by atoms with van der Waals surface area (Å²) in [5.41, 5.74) is 1.34. The van der Waals surface area contributed by atoms with E-state index >= 15 is 0 Å². The molecule has 1 aromatic rings. The molecule has 1 saturated heterocycles. The van der Waals surface area contributed by atoms with Crippen LogP contribution in [0.4, 0.5) is 0 Å². The summed E-state index contributed by atoms with van der Waals surface area (Å²) in [5, 5.41) is 4.17. The predicted octanol–water partition coefficient (Wildman–Crippen LogP) is 3.59. The van der Waals surface area contributed by atoms with Crippen LogP contribution >= 0.6 is 27.5 Å². The quantitative estimate of drug-likeness (QED) is 0.615. The van der Waals surface area contributed by atoms with Gasteiger partial charge in [-0.05, 0) is 49.4 Å². The maximum atomic E-state index is 5.88. The second-order valence-corrected chi connectivity index (χ2v) is 5.39. The van der Waals surface area contributed by atoms with Gasteiger partial charge in [0.15, 0.2) is 0 Å². The molecule has 1 aliphatic rings. The molecule has 1 nitrogen and oxygen atoms in total. The normalized spacial score (nSPS) is 31.5. The molecule has 1 fully saturated rings. The number of alkyl halides is 1. The summed E-state index contributed by atoms with van der Waals surface area (Å²) in [7, 11) is 0. The Balaban J connectivity index is 2.18. The Labute approximate surface area is 104 Å². The van der Waals surface area contributed by atoms with Gasteiger partial charge < -0.3 is 5.32 Å². The standard InChI is InChI=1S/C12H14BrClN/c1-8-11(6-7-15-12(8)13)9-2-4-10(14)5-3-9/h2-5,8,11-12,15H,1,6-7H2. The van der Waals surface area contributed by atoms with Gasteiger partial charge in [0, 0.05) is 5.02 Å². The molecule has 0 amide bonds. The fourth-order valence-electron chi connectivity index (χ4n) is 2.07. The molecule has 2 rings (SSSR count). The Hall–Kier alpha value is -0.0500. The van der Waals surface area contributed by atoms with Gasteiger partial charge in [-0.3, -0.25) is 0 Å². The zero-order valence-corrected chi connectivity index (χ0v) is 10.8. The van der Waals surface area contributed by atoms with Crippen molar-refractivity contribution < 1.29 is 0 Å². The number of benzene rings is 1. The van der Waals surface area contributed by atoms with Crippen LogP contribution in [-0.4, -0.2) is 11.5 Å². The summed E-state index contributed by atoms with van der Waals surface area (Å²) < 4.78 is 0. The first-order chi connectivity index (χ1) is 7.18. The van der Waals surface area contributed by atoms with Gasteiger partial charge in [0.2, 0.25) is 0 Å². The second-order valence-electron chi connectivity index (χ2n) is 3.97. The minimum Gasteiger partial charge on any atom is -0.305 e. The Morgan fingerprint density at radius 1 is 1.33 bits per heavy atom. The maximum Gasteiger partial charge on any atom is 0.0665 e. The number of halogens is 2. The highest BCUT2D eigenvalue weighted by Crippen LogP contribution is 2.34. The van der Waals surface area contributed by atoms with Crippen molar-refractivity contribution in [1.29, 1.82) is 0 Å². The highest BCUT2D eigenvalue weighted by molar-refractivity contribution is 9.09. The Morgan fingerprint density at radius 2 is 2.00 bits per heavy atom. The van der Waals surface area contributed by atoms with Crippen LogP contribution in [0.5, 0.6) is 0 Å². The van der Waals surface area contributed by atoms with Crippen molar-refractivity contribution in [1.82, 2.24) is 5.32 Å². The van der Waals surface area contributed by atoms with Crippen LogP contribution < -0.4 is 5.32 Å². The molecule has 0 saturated carbocycles. The van der Waals surface area contributed by atoms with Gasteiger partial charge in [0.1, 0.15) is 0 Å². The molecule has 1 aliphatic heterocycles. The molecule has 3 unspecified atom stereocenters. The van der Waals surface area contributed by atoms with Crippen LogP contribution in [-0.2, 0) is 0 Å². The van der Waals surface area contributed by atoms with Crippen LogP contribution in [0.2, 0.25) is 5.02 Å². The minimum atomic E-state index is 0.312. The first kappa shape index (κ1) is 11.4. The molecule has 15 heavy (non-hydrogen) atoms. The van der Waals surface area contributed by atoms with E-state index in [1.54, 1.807) is 0 Å². The smallest absolute Gasteiger partial charge is 0.0665 e. The van der Waals surface area contributed by atoms with Crippen LogP contribution in [0.1, 0.15) is 17.9 Å². The van der Waals surface area contributed by atoms with E-state index in [9.17, 15) is 0 Å². The number of rotatable bonds is 1. The second kappa shape index (κ2) is 4.86. The largest absolute Gasteiger partial charge is 0.305 e. The fourth-order valence-corrected chi connectivity index (χ4v) is 2.79. The molecule has 1 aromatic carbocycles. The molecule has 1 radical (unpaired) electrons. The van der Waals surface area contributed by atoms with Crippen molar-refractivity contribution in [3.8, 4) is 0 Å². The first-order valence-corrected chi connectivity index (χ1v) is 6.44. The lowest BCUT2D eigenvalue weighted by molar-refractivity contribution is 0.359. The average Bonchev–Trinajstić information content (AvgIpc) is 2.24.